The Morgan fingerprint density at radius 1 is 1.10 bits per heavy atom. The number of hydrogen-bond donors (Lipinski definition) is 0. The number of amides is 1. The third kappa shape index (κ3) is 3.10. The number of carbonyl (C=O) groups excluding carboxylic acids is 1. The minimum absolute atomic E-state index is 0.00641. The summed E-state index contributed by atoms with van der Waals surface area (Å²) in [6.45, 7) is 6.03. The Bertz CT molecular complexity index is 1080. The monoisotopic (exact) mass is 407 g/mol. The quantitative estimate of drug-likeness (QED) is 0.662. The van der Waals surface area contributed by atoms with Gasteiger partial charge in [-0.15, -0.1) is 0 Å². The van der Waals surface area contributed by atoms with Gasteiger partial charge in [-0.05, 0) is 38.5 Å². The molecule has 0 saturated carbocycles. The fourth-order valence-electron chi connectivity index (χ4n) is 4.44. The van der Waals surface area contributed by atoms with Crippen LogP contribution in [0.3, 0.4) is 0 Å². The molecule has 2 fully saturated rings. The van der Waals surface area contributed by atoms with Crippen molar-refractivity contribution >= 4 is 11.9 Å². The van der Waals surface area contributed by atoms with Crippen molar-refractivity contribution in [2.24, 2.45) is 5.92 Å². The standard InChI is InChI=1S/C21H22FN7O/c1-13-10-14(2)26-21(25-13)27-9-6-15-11-28(18(15)12-27)20(30)19-16(22)4-3-5-17(19)29-23-7-8-24-29/h3-5,7-8,10,15,18H,6,9,11-12H2,1-2H3/t15-,18-/m1/s1. The zero-order valence-electron chi connectivity index (χ0n) is 16.9. The molecule has 0 unspecified atom stereocenters. The fraction of sp³-hybridized carbons (Fsp3) is 0.381. The van der Waals surface area contributed by atoms with Gasteiger partial charge in [0.15, 0.2) is 0 Å². The van der Waals surface area contributed by atoms with Crippen LogP contribution in [0.1, 0.15) is 28.2 Å². The van der Waals surface area contributed by atoms with Crippen LogP contribution in [-0.2, 0) is 0 Å². The van der Waals surface area contributed by atoms with Gasteiger partial charge in [0.05, 0.1) is 18.4 Å². The summed E-state index contributed by atoms with van der Waals surface area (Å²) in [4.78, 5) is 27.6. The van der Waals surface area contributed by atoms with Crippen molar-refractivity contribution in [3.8, 4) is 5.69 Å². The van der Waals surface area contributed by atoms with E-state index in [9.17, 15) is 9.18 Å². The van der Waals surface area contributed by atoms with E-state index in [2.05, 4.69) is 25.1 Å². The molecule has 2 aliphatic rings. The van der Waals surface area contributed by atoms with Gasteiger partial charge in [-0.3, -0.25) is 4.79 Å². The summed E-state index contributed by atoms with van der Waals surface area (Å²) in [5.41, 5.74) is 2.19. The second kappa shape index (κ2) is 7.16. The Morgan fingerprint density at radius 2 is 1.83 bits per heavy atom. The highest BCUT2D eigenvalue weighted by atomic mass is 19.1. The second-order valence-electron chi connectivity index (χ2n) is 7.92. The number of aryl methyl sites for hydroxylation is 2. The molecule has 0 aliphatic carbocycles. The number of aromatic nitrogens is 5. The number of hydrogen-bond acceptors (Lipinski definition) is 6. The number of nitrogens with zero attached hydrogens (tertiary/aromatic N) is 7. The van der Waals surface area contributed by atoms with Gasteiger partial charge in [-0.25, -0.2) is 14.4 Å². The van der Waals surface area contributed by atoms with E-state index in [1.165, 1.54) is 23.3 Å². The van der Waals surface area contributed by atoms with Crippen molar-refractivity contribution in [3.05, 3.63) is 59.4 Å². The van der Waals surface area contributed by atoms with Crippen molar-refractivity contribution in [2.45, 2.75) is 26.3 Å². The molecule has 30 heavy (non-hydrogen) atoms. The van der Waals surface area contributed by atoms with Gasteiger partial charge in [0.2, 0.25) is 5.95 Å². The first-order valence-corrected chi connectivity index (χ1v) is 10.0. The lowest BCUT2D eigenvalue weighted by Crippen LogP contribution is -2.66. The van der Waals surface area contributed by atoms with Crippen LogP contribution in [0.4, 0.5) is 10.3 Å². The summed E-state index contributed by atoms with van der Waals surface area (Å²) >= 11 is 0. The highest BCUT2D eigenvalue weighted by molar-refractivity contribution is 5.98. The van der Waals surface area contributed by atoms with Crippen molar-refractivity contribution < 1.29 is 9.18 Å². The Labute approximate surface area is 173 Å². The second-order valence-corrected chi connectivity index (χ2v) is 7.92. The van der Waals surface area contributed by atoms with E-state index in [4.69, 9.17) is 0 Å². The summed E-state index contributed by atoms with van der Waals surface area (Å²) in [5.74, 6) is 0.208. The maximum Gasteiger partial charge on any atom is 0.259 e. The molecule has 154 valence electrons. The average molecular weight is 407 g/mol. The topological polar surface area (TPSA) is 80.0 Å². The molecule has 1 amide bonds. The van der Waals surface area contributed by atoms with E-state index in [0.717, 1.165) is 24.4 Å². The molecule has 1 aromatic carbocycles. The Kier molecular flexibility index (Phi) is 4.45. The minimum Gasteiger partial charge on any atom is -0.339 e. The molecule has 9 heteroatoms. The van der Waals surface area contributed by atoms with Crippen LogP contribution in [0.15, 0.2) is 36.7 Å². The SMILES string of the molecule is Cc1cc(C)nc(N2CC[C@@H]3CN(C(=O)c4c(F)cccc4-n4nccn4)[C@@H]3C2)n1. The maximum atomic E-state index is 14.7. The lowest BCUT2D eigenvalue weighted by molar-refractivity contribution is 0.00728. The molecule has 2 aliphatic heterocycles. The van der Waals surface area contributed by atoms with Gasteiger partial charge in [0.1, 0.15) is 17.1 Å². The zero-order chi connectivity index (χ0) is 20.8. The van der Waals surface area contributed by atoms with E-state index >= 15 is 0 Å². The zero-order valence-corrected chi connectivity index (χ0v) is 16.9. The van der Waals surface area contributed by atoms with E-state index in [1.807, 2.05) is 19.9 Å². The van der Waals surface area contributed by atoms with Gasteiger partial charge in [-0.1, -0.05) is 6.07 Å². The predicted octanol–water partition coefficient (Wildman–Crippen LogP) is 2.16. The van der Waals surface area contributed by atoms with Crippen LogP contribution in [-0.4, -0.2) is 61.4 Å². The molecule has 8 nitrogen and oxygen atoms in total. The van der Waals surface area contributed by atoms with Gasteiger partial charge in [-0.2, -0.15) is 15.0 Å². The van der Waals surface area contributed by atoms with E-state index < -0.39 is 5.82 Å². The first-order chi connectivity index (χ1) is 14.5. The smallest absolute Gasteiger partial charge is 0.259 e. The van der Waals surface area contributed by atoms with Crippen molar-refractivity contribution in [3.63, 3.8) is 0 Å². The van der Waals surface area contributed by atoms with Gasteiger partial charge in [0, 0.05) is 36.9 Å². The number of anilines is 1. The molecule has 0 bridgehead atoms. The number of piperidine rings is 1. The van der Waals surface area contributed by atoms with E-state index in [0.29, 0.717) is 30.6 Å². The molecule has 5 rings (SSSR count). The summed E-state index contributed by atoms with van der Waals surface area (Å²) in [7, 11) is 0. The van der Waals surface area contributed by atoms with Gasteiger partial charge >= 0.3 is 0 Å². The molecule has 0 spiro atoms. The van der Waals surface area contributed by atoms with Crippen molar-refractivity contribution in [1.82, 2.24) is 29.9 Å². The number of benzene rings is 1. The van der Waals surface area contributed by atoms with Crippen LogP contribution < -0.4 is 4.90 Å². The van der Waals surface area contributed by atoms with Gasteiger partial charge in [0.25, 0.3) is 5.91 Å². The Hall–Kier alpha value is -3.36. The Morgan fingerprint density at radius 3 is 2.57 bits per heavy atom. The van der Waals surface area contributed by atoms with E-state index in [1.54, 1.807) is 17.0 Å². The molecular weight excluding hydrogens is 385 g/mol. The van der Waals surface area contributed by atoms with Gasteiger partial charge < -0.3 is 9.80 Å². The third-order valence-electron chi connectivity index (χ3n) is 5.91. The van der Waals surface area contributed by atoms with Crippen LogP contribution in [0.2, 0.25) is 0 Å². The average Bonchev–Trinajstić information content (AvgIpc) is 3.22. The molecule has 4 heterocycles. The van der Waals surface area contributed by atoms with Crippen LogP contribution in [0.5, 0.6) is 0 Å². The first-order valence-electron chi connectivity index (χ1n) is 10.0. The summed E-state index contributed by atoms with van der Waals surface area (Å²) in [5, 5.41) is 8.13. The molecule has 0 radical (unpaired) electrons. The normalized spacial score (nSPS) is 20.6. The highest BCUT2D eigenvalue weighted by Gasteiger charge is 2.46. The van der Waals surface area contributed by atoms with E-state index in [-0.39, 0.29) is 17.5 Å². The van der Waals surface area contributed by atoms with Crippen molar-refractivity contribution in [2.75, 3.05) is 24.5 Å². The molecule has 3 aromatic rings. The molecule has 0 N–H and O–H groups in total. The number of rotatable bonds is 3. The lowest BCUT2D eigenvalue weighted by Gasteiger charge is -2.53. The number of halogens is 1. The Balaban J connectivity index is 1.41. The summed E-state index contributed by atoms with van der Waals surface area (Å²) < 4.78 is 14.7. The number of carbonyl (C=O) groups is 1. The highest BCUT2D eigenvalue weighted by Crippen LogP contribution is 2.35. The molecular formula is C21H22FN7O. The largest absolute Gasteiger partial charge is 0.339 e. The lowest BCUT2D eigenvalue weighted by atomic mass is 9.81. The number of likely N-dealkylation sites (tertiary alicyclic amines) is 1. The van der Waals surface area contributed by atoms with Crippen LogP contribution in [0, 0.1) is 25.6 Å². The molecule has 2 atom stereocenters. The fourth-order valence-corrected chi connectivity index (χ4v) is 4.44. The maximum absolute atomic E-state index is 14.7. The van der Waals surface area contributed by atoms with Crippen LogP contribution >= 0.6 is 0 Å². The summed E-state index contributed by atoms with van der Waals surface area (Å²) in [6, 6.07) is 6.47. The minimum atomic E-state index is -0.566. The summed E-state index contributed by atoms with van der Waals surface area (Å²) in [6.07, 6.45) is 3.96. The number of fused-ring (bicyclic) bond motifs is 1. The first kappa shape index (κ1) is 18.7. The molecule has 2 saturated heterocycles. The van der Waals surface area contributed by atoms with Crippen molar-refractivity contribution in [1.29, 1.82) is 0 Å². The third-order valence-corrected chi connectivity index (χ3v) is 5.91. The molecule has 2 aromatic heterocycles. The predicted molar refractivity (Wildman–Crippen MR) is 108 cm³/mol. The van der Waals surface area contributed by atoms with Crippen LogP contribution in [0.25, 0.3) is 5.69 Å².